The van der Waals surface area contributed by atoms with Gasteiger partial charge in [-0.1, -0.05) is 69.3 Å². The van der Waals surface area contributed by atoms with E-state index in [0.717, 1.165) is 6.42 Å². The van der Waals surface area contributed by atoms with Crippen molar-refractivity contribution in [1.29, 1.82) is 0 Å². The van der Waals surface area contributed by atoms with Gasteiger partial charge < -0.3 is 0 Å². The smallest absolute Gasteiger partial charge is 0.00230 e. The lowest BCUT2D eigenvalue weighted by Gasteiger charge is -2.20. The van der Waals surface area contributed by atoms with Gasteiger partial charge in [-0.25, -0.2) is 0 Å². The van der Waals surface area contributed by atoms with Crippen LogP contribution in [0, 0.1) is 6.92 Å². The first-order chi connectivity index (χ1) is 8.47. The van der Waals surface area contributed by atoms with E-state index >= 15 is 0 Å². The van der Waals surface area contributed by atoms with Crippen LogP contribution >= 0.6 is 0 Å². The average Bonchev–Trinajstić information content (AvgIpc) is 2.31. The van der Waals surface area contributed by atoms with Crippen LogP contribution in [0.2, 0.25) is 0 Å². The molecule has 0 unspecified atom stereocenters. The van der Waals surface area contributed by atoms with E-state index in [1.165, 1.54) is 22.3 Å². The fourth-order valence-electron chi connectivity index (χ4n) is 2.18. The van der Waals surface area contributed by atoms with Crippen molar-refractivity contribution in [2.45, 2.75) is 39.5 Å². The fourth-order valence-corrected chi connectivity index (χ4v) is 2.18. The Morgan fingerprint density at radius 2 is 1.61 bits per heavy atom. The van der Waals surface area contributed by atoms with E-state index < -0.39 is 0 Å². The first-order valence-electron chi connectivity index (χ1n) is 6.61. The Bertz CT molecular complexity index is 530. The molecule has 0 saturated heterocycles. The first kappa shape index (κ1) is 12.9. The molecule has 2 rings (SSSR count). The van der Waals surface area contributed by atoms with E-state index in [1.54, 1.807) is 0 Å². The van der Waals surface area contributed by atoms with Crippen LogP contribution in [0.4, 0.5) is 0 Å². The highest BCUT2D eigenvalue weighted by Crippen LogP contribution is 2.24. The molecule has 0 fully saturated rings. The predicted octanol–water partition coefficient (Wildman–Crippen LogP) is 4.88. The van der Waals surface area contributed by atoms with Crippen LogP contribution in [0.1, 0.15) is 43.0 Å². The minimum atomic E-state index is 0.224. The molecule has 0 aliphatic carbocycles. The monoisotopic (exact) mass is 238 g/mol. The fraction of sp³-hybridized carbons (Fsp3) is 0.333. The molecule has 0 aliphatic heterocycles. The van der Waals surface area contributed by atoms with Gasteiger partial charge in [0.1, 0.15) is 0 Å². The third-order valence-corrected chi connectivity index (χ3v) is 3.45. The normalized spacial score (nSPS) is 11.6. The Morgan fingerprint density at radius 3 is 2.28 bits per heavy atom. The molecular weight excluding hydrogens is 216 g/mol. The summed E-state index contributed by atoms with van der Waals surface area (Å²) in [5.41, 5.74) is 5.83. The molecular formula is C18H22. The van der Waals surface area contributed by atoms with Crippen molar-refractivity contribution in [3.63, 3.8) is 0 Å². The quantitative estimate of drug-likeness (QED) is 0.699. The second-order valence-electron chi connectivity index (χ2n) is 6.05. The largest absolute Gasteiger partial charge is 0.0620 e. The van der Waals surface area contributed by atoms with E-state index in [9.17, 15) is 0 Å². The van der Waals surface area contributed by atoms with Gasteiger partial charge in [-0.3, -0.25) is 0 Å². The molecule has 2 aromatic rings. The van der Waals surface area contributed by atoms with Crippen molar-refractivity contribution in [1.82, 2.24) is 0 Å². The summed E-state index contributed by atoms with van der Waals surface area (Å²) < 4.78 is 0. The zero-order valence-electron chi connectivity index (χ0n) is 11.8. The molecule has 0 aromatic heterocycles. The lowest BCUT2D eigenvalue weighted by molar-refractivity contribution is 0.589. The lowest BCUT2D eigenvalue weighted by atomic mass is 9.85. The first-order valence-corrected chi connectivity index (χ1v) is 6.61. The van der Waals surface area contributed by atoms with E-state index in [4.69, 9.17) is 0 Å². The van der Waals surface area contributed by atoms with Crippen molar-refractivity contribution >= 4 is 0 Å². The molecule has 18 heavy (non-hydrogen) atoms. The highest BCUT2D eigenvalue weighted by atomic mass is 14.2. The van der Waals surface area contributed by atoms with Crippen molar-refractivity contribution in [2.24, 2.45) is 0 Å². The van der Waals surface area contributed by atoms with Gasteiger partial charge in [-0.05, 0) is 41.0 Å². The summed E-state index contributed by atoms with van der Waals surface area (Å²) in [6.07, 6.45) is 1.02. The molecule has 0 heterocycles. The van der Waals surface area contributed by atoms with Crippen LogP contribution in [0.15, 0.2) is 48.5 Å². The van der Waals surface area contributed by atoms with Gasteiger partial charge in [0.05, 0.1) is 0 Å². The van der Waals surface area contributed by atoms with Crippen molar-refractivity contribution < 1.29 is 0 Å². The van der Waals surface area contributed by atoms with Gasteiger partial charge in [0.15, 0.2) is 0 Å². The van der Waals surface area contributed by atoms with Gasteiger partial charge >= 0.3 is 0 Å². The van der Waals surface area contributed by atoms with Crippen LogP contribution in [0.25, 0.3) is 0 Å². The minimum Gasteiger partial charge on any atom is -0.0620 e. The van der Waals surface area contributed by atoms with Gasteiger partial charge in [-0.2, -0.15) is 0 Å². The molecule has 0 N–H and O–H groups in total. The van der Waals surface area contributed by atoms with Crippen LogP contribution in [-0.4, -0.2) is 0 Å². The topological polar surface area (TPSA) is 0 Å². The summed E-state index contributed by atoms with van der Waals surface area (Å²) in [6, 6.07) is 17.6. The van der Waals surface area contributed by atoms with E-state index in [-0.39, 0.29) is 5.41 Å². The molecule has 0 aliphatic rings. The van der Waals surface area contributed by atoms with Crippen molar-refractivity contribution in [3.05, 3.63) is 70.8 Å². The summed E-state index contributed by atoms with van der Waals surface area (Å²) in [4.78, 5) is 0. The van der Waals surface area contributed by atoms with Crippen LogP contribution < -0.4 is 0 Å². The van der Waals surface area contributed by atoms with Crippen LogP contribution in [-0.2, 0) is 11.8 Å². The summed E-state index contributed by atoms with van der Waals surface area (Å²) in [7, 11) is 0. The second-order valence-corrected chi connectivity index (χ2v) is 6.05. The number of rotatable bonds is 2. The Morgan fingerprint density at radius 1 is 0.889 bits per heavy atom. The molecule has 0 atom stereocenters. The summed E-state index contributed by atoms with van der Waals surface area (Å²) in [5.74, 6) is 0. The zero-order valence-corrected chi connectivity index (χ0v) is 11.8. The molecule has 0 amide bonds. The zero-order chi connectivity index (χ0) is 13.2. The highest BCUT2D eigenvalue weighted by molar-refractivity contribution is 5.35. The Hall–Kier alpha value is -1.56. The SMILES string of the molecule is Cc1ccccc1Cc1cccc(C(C)(C)C)c1. The number of aryl methyl sites for hydroxylation is 1. The molecule has 0 radical (unpaired) electrons. The summed E-state index contributed by atoms with van der Waals surface area (Å²) in [5, 5.41) is 0. The summed E-state index contributed by atoms with van der Waals surface area (Å²) in [6.45, 7) is 8.97. The molecule has 0 heteroatoms. The lowest BCUT2D eigenvalue weighted by Crippen LogP contribution is -2.11. The Balaban J connectivity index is 2.28. The van der Waals surface area contributed by atoms with Crippen LogP contribution in [0.3, 0.4) is 0 Å². The average molecular weight is 238 g/mol. The maximum absolute atomic E-state index is 2.34. The highest BCUT2D eigenvalue weighted by Gasteiger charge is 2.13. The molecule has 2 aromatic carbocycles. The van der Waals surface area contributed by atoms with Gasteiger partial charge in [0, 0.05) is 0 Å². The number of hydrogen-bond acceptors (Lipinski definition) is 0. The standard InChI is InChI=1S/C18H22/c1-14-8-5-6-10-16(14)12-15-9-7-11-17(13-15)18(2,3)4/h5-11,13H,12H2,1-4H3. The van der Waals surface area contributed by atoms with Crippen LogP contribution in [0.5, 0.6) is 0 Å². The molecule has 94 valence electrons. The van der Waals surface area contributed by atoms with Crippen molar-refractivity contribution in [3.8, 4) is 0 Å². The number of benzene rings is 2. The molecule has 0 bridgehead atoms. The maximum Gasteiger partial charge on any atom is -0.00230 e. The molecule has 0 saturated carbocycles. The van der Waals surface area contributed by atoms with E-state index in [1.807, 2.05) is 0 Å². The summed E-state index contributed by atoms with van der Waals surface area (Å²) >= 11 is 0. The van der Waals surface area contributed by atoms with Gasteiger partial charge in [0.25, 0.3) is 0 Å². The third-order valence-electron chi connectivity index (χ3n) is 3.45. The second kappa shape index (κ2) is 4.97. The van der Waals surface area contributed by atoms with Gasteiger partial charge in [0.2, 0.25) is 0 Å². The van der Waals surface area contributed by atoms with E-state index in [2.05, 4.69) is 76.2 Å². The minimum absolute atomic E-state index is 0.224. The predicted molar refractivity (Wildman–Crippen MR) is 79.1 cm³/mol. The Labute approximate surface area is 111 Å². The van der Waals surface area contributed by atoms with E-state index in [0.29, 0.717) is 0 Å². The third kappa shape index (κ3) is 3.01. The molecule has 0 spiro atoms. The van der Waals surface area contributed by atoms with Crippen molar-refractivity contribution in [2.75, 3.05) is 0 Å². The number of hydrogen-bond donors (Lipinski definition) is 0. The maximum atomic E-state index is 2.34. The molecule has 0 nitrogen and oxygen atoms in total. The Kier molecular flexibility index (Phi) is 3.56. The van der Waals surface area contributed by atoms with Gasteiger partial charge in [-0.15, -0.1) is 0 Å².